The number of nitrogens with zero attached hydrogens (tertiary/aromatic N) is 6. The number of ether oxygens (including phenoxy) is 1. The van der Waals surface area contributed by atoms with E-state index < -0.39 is 11.4 Å². The number of nitrogens with one attached hydrogen (secondary N) is 1. The van der Waals surface area contributed by atoms with E-state index in [4.69, 9.17) is 15.5 Å². The van der Waals surface area contributed by atoms with Crippen molar-refractivity contribution >= 4 is 5.91 Å². The fraction of sp³-hybridized carbons (Fsp3) is 0.286. The van der Waals surface area contributed by atoms with Crippen LogP contribution in [0.4, 0.5) is 0 Å². The number of aromatic nitrogens is 7. The van der Waals surface area contributed by atoms with Gasteiger partial charge >= 0.3 is 0 Å². The Balaban J connectivity index is 1.52. The van der Waals surface area contributed by atoms with Crippen molar-refractivity contribution in [1.29, 1.82) is 0 Å². The predicted molar refractivity (Wildman–Crippen MR) is 113 cm³/mol. The van der Waals surface area contributed by atoms with Crippen LogP contribution in [0.5, 0.6) is 5.75 Å². The number of benzene rings is 1. The van der Waals surface area contributed by atoms with Crippen LogP contribution in [-0.4, -0.2) is 47.0 Å². The molecule has 0 saturated heterocycles. The second kappa shape index (κ2) is 6.79. The Kier molecular flexibility index (Phi) is 4.17. The van der Waals surface area contributed by atoms with E-state index in [-0.39, 0.29) is 0 Å². The van der Waals surface area contributed by atoms with E-state index in [2.05, 4.69) is 24.8 Å². The van der Waals surface area contributed by atoms with Crippen molar-refractivity contribution in [3.63, 3.8) is 0 Å². The summed E-state index contributed by atoms with van der Waals surface area (Å²) in [6.07, 6.45) is 5.47. The highest BCUT2D eigenvalue weighted by Crippen LogP contribution is 2.36. The van der Waals surface area contributed by atoms with Gasteiger partial charge in [-0.25, -0.2) is 9.97 Å². The Hall–Kier alpha value is -3.95. The number of imidazole rings is 1. The molecule has 4 heterocycles. The molecular weight excluding hydrogens is 396 g/mol. The lowest BCUT2D eigenvalue weighted by atomic mass is 10.0. The lowest BCUT2D eigenvalue weighted by molar-refractivity contribution is -0.125. The highest BCUT2D eigenvalue weighted by Gasteiger charge is 2.28. The Morgan fingerprint density at radius 1 is 1.23 bits per heavy atom. The van der Waals surface area contributed by atoms with Crippen molar-refractivity contribution in [3.8, 4) is 39.8 Å². The molecule has 0 unspecified atom stereocenters. The van der Waals surface area contributed by atoms with E-state index >= 15 is 0 Å². The van der Waals surface area contributed by atoms with Gasteiger partial charge in [-0.1, -0.05) is 6.07 Å². The molecule has 1 amide bonds. The summed E-state index contributed by atoms with van der Waals surface area (Å²) in [6.45, 7) is 6.51. The summed E-state index contributed by atoms with van der Waals surface area (Å²) in [5, 5.41) is 11.4. The molecule has 158 valence electrons. The number of hydrogen-bond donors (Lipinski definition) is 2. The molecule has 0 saturated carbocycles. The molecule has 10 heteroatoms. The molecule has 3 N–H and O–H groups in total. The minimum absolute atomic E-state index is 0.448. The maximum absolute atomic E-state index is 11.7. The number of aryl methyl sites for hydroxylation is 1. The van der Waals surface area contributed by atoms with E-state index in [1.807, 2.05) is 37.5 Å². The van der Waals surface area contributed by atoms with Gasteiger partial charge in [0.15, 0.2) is 0 Å². The van der Waals surface area contributed by atoms with Crippen LogP contribution in [0.15, 0.2) is 36.8 Å². The average Bonchev–Trinajstić information content (AvgIpc) is 3.46. The highest BCUT2D eigenvalue weighted by atomic mass is 16.5. The van der Waals surface area contributed by atoms with Crippen LogP contribution in [0.3, 0.4) is 0 Å². The number of fused-ring (bicyclic) bond motifs is 3. The van der Waals surface area contributed by atoms with Crippen LogP contribution in [-0.2, 0) is 16.9 Å². The number of carbonyl (C=O) groups is 1. The minimum atomic E-state index is -0.916. The van der Waals surface area contributed by atoms with E-state index in [0.29, 0.717) is 24.7 Å². The summed E-state index contributed by atoms with van der Waals surface area (Å²) in [4.78, 5) is 20.9. The highest BCUT2D eigenvalue weighted by molar-refractivity contribution is 5.82. The quantitative estimate of drug-likeness (QED) is 0.522. The molecule has 0 fully saturated rings. The van der Waals surface area contributed by atoms with E-state index in [1.54, 1.807) is 24.7 Å². The maximum atomic E-state index is 11.7. The summed E-state index contributed by atoms with van der Waals surface area (Å²) >= 11 is 0. The zero-order valence-corrected chi connectivity index (χ0v) is 17.5. The Morgan fingerprint density at radius 2 is 2.06 bits per heavy atom. The molecule has 10 nitrogen and oxygen atoms in total. The number of nitrogens with two attached hydrogens (primary N) is 1. The van der Waals surface area contributed by atoms with Gasteiger partial charge in [-0.2, -0.15) is 10.2 Å². The topological polar surface area (TPSA) is 130 Å². The van der Waals surface area contributed by atoms with Crippen molar-refractivity contribution in [2.24, 2.45) is 5.73 Å². The third-order valence-corrected chi connectivity index (χ3v) is 5.51. The molecule has 3 aromatic heterocycles. The normalized spacial score (nSPS) is 13.3. The van der Waals surface area contributed by atoms with Gasteiger partial charge in [-0.05, 0) is 38.5 Å². The molecule has 31 heavy (non-hydrogen) atoms. The number of carbonyl (C=O) groups excluding carboxylic acids is 1. The third-order valence-electron chi connectivity index (χ3n) is 5.51. The lowest BCUT2D eigenvalue weighted by Gasteiger charge is -2.20. The van der Waals surface area contributed by atoms with Gasteiger partial charge in [0, 0.05) is 18.0 Å². The first-order valence-electron chi connectivity index (χ1n) is 9.92. The van der Waals surface area contributed by atoms with Crippen molar-refractivity contribution in [2.75, 3.05) is 6.61 Å². The molecule has 0 radical (unpaired) electrons. The summed E-state index contributed by atoms with van der Waals surface area (Å²) in [5.41, 5.74) is 7.99. The number of primary amides is 1. The fourth-order valence-corrected chi connectivity index (χ4v) is 3.52. The average molecular weight is 418 g/mol. The number of amides is 1. The number of hydrogen-bond acceptors (Lipinski definition) is 6. The largest absolute Gasteiger partial charge is 0.491 e. The van der Waals surface area contributed by atoms with Crippen molar-refractivity contribution in [3.05, 3.63) is 42.6 Å². The third kappa shape index (κ3) is 3.16. The predicted octanol–water partition coefficient (Wildman–Crippen LogP) is 2.12. The zero-order chi connectivity index (χ0) is 21.8. The fourth-order valence-electron chi connectivity index (χ4n) is 3.52. The second-order valence-electron chi connectivity index (χ2n) is 8.04. The first-order valence-corrected chi connectivity index (χ1v) is 9.92. The zero-order valence-electron chi connectivity index (χ0n) is 17.5. The van der Waals surface area contributed by atoms with Crippen LogP contribution in [0.1, 0.15) is 19.7 Å². The van der Waals surface area contributed by atoms with Crippen LogP contribution in [0.25, 0.3) is 34.0 Å². The van der Waals surface area contributed by atoms with E-state index in [9.17, 15) is 4.79 Å². The Labute approximate surface area is 178 Å². The molecule has 1 aliphatic rings. The number of rotatable bonds is 4. The Bertz CT molecular complexity index is 1300. The summed E-state index contributed by atoms with van der Waals surface area (Å²) < 4.78 is 9.65. The van der Waals surface area contributed by atoms with E-state index in [0.717, 1.165) is 34.1 Å². The summed E-state index contributed by atoms with van der Waals surface area (Å²) in [5.74, 6) is 2.41. The van der Waals surface area contributed by atoms with Gasteiger partial charge in [-0.15, -0.1) is 0 Å². The maximum Gasteiger partial charge on any atom is 0.244 e. The standard InChI is InChI=1S/C21H22N8O2/c1-12-24-18(27-26-12)16-11-28-6-7-31-17-8-13(4-5-15(17)19(28)25-16)14-9-23-29(10-14)21(2,3)20(22)30/h4-5,8-11H,6-7H2,1-3H3,(H2,22,30)(H,24,26,27). The smallest absolute Gasteiger partial charge is 0.244 e. The number of aromatic amines is 1. The SMILES string of the molecule is Cc1nc(-c2cn3c(n2)-c2ccc(-c4cnn(C(C)(C)C(N)=O)c4)cc2OCC3)n[nH]1. The van der Waals surface area contributed by atoms with E-state index in [1.165, 1.54) is 0 Å². The van der Waals surface area contributed by atoms with Crippen molar-refractivity contribution in [1.82, 2.24) is 34.5 Å². The van der Waals surface area contributed by atoms with Gasteiger partial charge in [0.25, 0.3) is 0 Å². The van der Waals surface area contributed by atoms with Crippen molar-refractivity contribution in [2.45, 2.75) is 32.9 Å². The van der Waals surface area contributed by atoms with Crippen LogP contribution >= 0.6 is 0 Å². The number of H-pyrrole nitrogens is 1. The molecule has 0 aliphatic carbocycles. The first-order chi connectivity index (χ1) is 14.8. The van der Waals surface area contributed by atoms with Crippen LogP contribution < -0.4 is 10.5 Å². The summed E-state index contributed by atoms with van der Waals surface area (Å²) in [7, 11) is 0. The first kappa shape index (κ1) is 19.0. The van der Waals surface area contributed by atoms with Gasteiger partial charge < -0.3 is 15.0 Å². The molecular formula is C21H22N8O2. The molecule has 5 rings (SSSR count). The molecule has 0 atom stereocenters. The molecule has 4 aromatic rings. The monoisotopic (exact) mass is 418 g/mol. The molecule has 0 bridgehead atoms. The molecule has 1 aromatic carbocycles. The van der Waals surface area contributed by atoms with Gasteiger partial charge in [-0.3, -0.25) is 14.6 Å². The second-order valence-corrected chi connectivity index (χ2v) is 8.04. The van der Waals surface area contributed by atoms with Gasteiger partial charge in [0.1, 0.15) is 35.2 Å². The van der Waals surface area contributed by atoms with Crippen LogP contribution in [0, 0.1) is 6.92 Å². The lowest BCUT2D eigenvalue weighted by Crippen LogP contribution is -2.41. The van der Waals surface area contributed by atoms with Crippen molar-refractivity contribution < 1.29 is 9.53 Å². The molecule has 1 aliphatic heterocycles. The summed E-state index contributed by atoms with van der Waals surface area (Å²) in [6, 6.07) is 5.94. The van der Waals surface area contributed by atoms with Gasteiger partial charge in [0.2, 0.25) is 11.7 Å². The Morgan fingerprint density at radius 3 is 2.81 bits per heavy atom. The van der Waals surface area contributed by atoms with Crippen LogP contribution in [0.2, 0.25) is 0 Å². The van der Waals surface area contributed by atoms with Gasteiger partial charge in [0.05, 0.1) is 18.3 Å². The minimum Gasteiger partial charge on any atom is -0.491 e. The molecule has 0 spiro atoms.